The Kier molecular flexibility index (Phi) is 6.18. The van der Waals surface area contributed by atoms with E-state index in [1.54, 1.807) is 16.0 Å². The third-order valence-electron chi connectivity index (χ3n) is 4.32. The zero-order valence-electron chi connectivity index (χ0n) is 15.0. The van der Waals surface area contributed by atoms with E-state index in [0.29, 0.717) is 32.7 Å². The first kappa shape index (κ1) is 18.5. The number of hydrogen-bond donors (Lipinski definition) is 0. The number of amides is 2. The average molecular weight is 340 g/mol. The normalized spacial score (nSPS) is 14.9. The minimum Gasteiger partial charge on any atom is -0.347 e. The van der Waals surface area contributed by atoms with E-state index in [1.165, 1.54) is 6.92 Å². The van der Waals surface area contributed by atoms with E-state index in [0.717, 1.165) is 11.3 Å². The molecule has 2 amide bonds. The van der Waals surface area contributed by atoms with Crippen LogP contribution in [0.2, 0.25) is 0 Å². The van der Waals surface area contributed by atoms with E-state index in [9.17, 15) is 14.9 Å². The second-order valence-electron chi connectivity index (χ2n) is 6.08. The molecule has 25 heavy (non-hydrogen) atoms. The standard InChI is InChI=1S/C19H24N4O2/c1-4-21(18-7-5-6-15(2)12-18)14-17(13-20)19(25)23-10-8-22(9-11-23)16(3)24/h5-7,12,14H,4,8-11H2,1-3H3/b17-14-. The van der Waals surface area contributed by atoms with Gasteiger partial charge in [0, 0.05) is 51.5 Å². The molecule has 1 aromatic rings. The van der Waals surface area contributed by atoms with Crippen LogP contribution in [-0.2, 0) is 9.59 Å². The Morgan fingerprint density at radius 2 is 1.88 bits per heavy atom. The summed E-state index contributed by atoms with van der Waals surface area (Å²) in [5, 5.41) is 9.46. The number of benzene rings is 1. The molecule has 132 valence electrons. The average Bonchev–Trinajstić information content (AvgIpc) is 2.62. The largest absolute Gasteiger partial charge is 0.347 e. The molecule has 2 rings (SSSR count). The fraction of sp³-hybridized carbons (Fsp3) is 0.421. The van der Waals surface area contributed by atoms with Gasteiger partial charge < -0.3 is 14.7 Å². The summed E-state index contributed by atoms with van der Waals surface area (Å²) in [7, 11) is 0. The molecule has 1 fully saturated rings. The molecular weight excluding hydrogens is 316 g/mol. The molecule has 0 unspecified atom stereocenters. The highest BCUT2D eigenvalue weighted by atomic mass is 16.2. The van der Waals surface area contributed by atoms with Crippen molar-refractivity contribution in [3.8, 4) is 6.07 Å². The molecule has 1 heterocycles. The number of nitrogens with zero attached hydrogens (tertiary/aromatic N) is 4. The summed E-state index contributed by atoms with van der Waals surface area (Å²) >= 11 is 0. The van der Waals surface area contributed by atoms with E-state index in [1.807, 2.05) is 49.1 Å². The molecule has 1 aliphatic heterocycles. The zero-order valence-corrected chi connectivity index (χ0v) is 15.0. The number of anilines is 1. The Morgan fingerprint density at radius 3 is 2.40 bits per heavy atom. The molecule has 1 saturated heterocycles. The molecule has 0 aromatic heterocycles. The lowest BCUT2D eigenvalue weighted by atomic mass is 10.2. The molecule has 0 aliphatic carbocycles. The van der Waals surface area contributed by atoms with Gasteiger partial charge in [0.25, 0.3) is 5.91 Å². The van der Waals surface area contributed by atoms with Gasteiger partial charge in [-0.1, -0.05) is 12.1 Å². The van der Waals surface area contributed by atoms with Crippen LogP contribution >= 0.6 is 0 Å². The van der Waals surface area contributed by atoms with Crippen molar-refractivity contribution >= 4 is 17.5 Å². The van der Waals surface area contributed by atoms with Crippen LogP contribution in [0.3, 0.4) is 0 Å². The Bertz CT molecular complexity index is 712. The van der Waals surface area contributed by atoms with Crippen molar-refractivity contribution in [2.45, 2.75) is 20.8 Å². The van der Waals surface area contributed by atoms with Gasteiger partial charge in [-0.25, -0.2) is 0 Å². The third-order valence-corrected chi connectivity index (χ3v) is 4.32. The monoisotopic (exact) mass is 340 g/mol. The summed E-state index contributed by atoms with van der Waals surface area (Å²) in [5.41, 5.74) is 2.18. The SMILES string of the molecule is CCN(/C=C(/C#N)C(=O)N1CCN(C(C)=O)CC1)c1cccc(C)c1. The maximum absolute atomic E-state index is 12.7. The lowest BCUT2D eigenvalue weighted by molar-refractivity contribution is -0.136. The van der Waals surface area contributed by atoms with E-state index in [2.05, 4.69) is 0 Å². The maximum atomic E-state index is 12.7. The lowest BCUT2D eigenvalue weighted by Gasteiger charge is -2.34. The highest BCUT2D eigenvalue weighted by Crippen LogP contribution is 2.18. The second-order valence-corrected chi connectivity index (χ2v) is 6.08. The molecule has 0 radical (unpaired) electrons. The number of hydrogen-bond acceptors (Lipinski definition) is 4. The summed E-state index contributed by atoms with van der Waals surface area (Å²) in [4.78, 5) is 29.3. The third kappa shape index (κ3) is 4.60. The van der Waals surface area contributed by atoms with Gasteiger partial charge in [0.1, 0.15) is 11.6 Å². The van der Waals surface area contributed by atoms with Crippen LogP contribution in [-0.4, -0.2) is 54.3 Å². The molecule has 0 spiro atoms. The van der Waals surface area contributed by atoms with E-state index in [4.69, 9.17) is 0 Å². The molecule has 0 saturated carbocycles. The summed E-state index contributed by atoms with van der Waals surface area (Å²) in [6.07, 6.45) is 1.62. The molecule has 6 heteroatoms. The minimum absolute atomic E-state index is 0.0137. The molecular formula is C19H24N4O2. The van der Waals surface area contributed by atoms with Gasteiger partial charge in [0.15, 0.2) is 0 Å². The van der Waals surface area contributed by atoms with E-state index < -0.39 is 0 Å². The molecule has 6 nitrogen and oxygen atoms in total. The molecule has 0 bridgehead atoms. The Balaban J connectivity index is 2.14. The topological polar surface area (TPSA) is 67.7 Å². The van der Waals surface area contributed by atoms with Crippen LogP contribution in [0.25, 0.3) is 0 Å². The number of carbonyl (C=O) groups is 2. The number of piperazine rings is 1. The maximum Gasteiger partial charge on any atom is 0.266 e. The van der Waals surface area contributed by atoms with Gasteiger partial charge in [-0.05, 0) is 31.5 Å². The van der Waals surface area contributed by atoms with Crippen LogP contribution in [0.5, 0.6) is 0 Å². The van der Waals surface area contributed by atoms with Crippen molar-refractivity contribution in [3.63, 3.8) is 0 Å². The summed E-state index contributed by atoms with van der Waals surface area (Å²) in [5.74, 6) is -0.267. The Labute approximate surface area is 148 Å². The number of carbonyl (C=O) groups excluding carboxylic acids is 2. The number of nitriles is 1. The molecule has 0 N–H and O–H groups in total. The fourth-order valence-corrected chi connectivity index (χ4v) is 2.84. The van der Waals surface area contributed by atoms with Gasteiger partial charge in [0.05, 0.1) is 0 Å². The van der Waals surface area contributed by atoms with Crippen molar-refractivity contribution in [2.75, 3.05) is 37.6 Å². The van der Waals surface area contributed by atoms with Crippen molar-refractivity contribution < 1.29 is 9.59 Å². The second kappa shape index (κ2) is 8.34. The van der Waals surface area contributed by atoms with Crippen molar-refractivity contribution in [1.82, 2.24) is 9.80 Å². The fourth-order valence-electron chi connectivity index (χ4n) is 2.84. The Morgan fingerprint density at radius 1 is 1.24 bits per heavy atom. The van der Waals surface area contributed by atoms with E-state index in [-0.39, 0.29) is 17.4 Å². The molecule has 1 aromatic carbocycles. The van der Waals surface area contributed by atoms with Crippen molar-refractivity contribution in [1.29, 1.82) is 5.26 Å². The lowest BCUT2D eigenvalue weighted by Crippen LogP contribution is -2.50. The van der Waals surface area contributed by atoms with Gasteiger partial charge >= 0.3 is 0 Å². The molecule has 0 atom stereocenters. The van der Waals surface area contributed by atoms with Crippen molar-refractivity contribution in [2.24, 2.45) is 0 Å². The first-order valence-electron chi connectivity index (χ1n) is 8.46. The van der Waals surface area contributed by atoms with E-state index >= 15 is 0 Å². The van der Waals surface area contributed by atoms with Crippen LogP contribution in [0.1, 0.15) is 19.4 Å². The van der Waals surface area contributed by atoms with Crippen LogP contribution < -0.4 is 4.90 Å². The minimum atomic E-state index is -0.281. The van der Waals surface area contributed by atoms with Crippen LogP contribution in [0.15, 0.2) is 36.0 Å². The predicted octanol–water partition coefficient (Wildman–Crippen LogP) is 1.92. The smallest absolute Gasteiger partial charge is 0.266 e. The zero-order chi connectivity index (χ0) is 18.4. The predicted molar refractivity (Wildman–Crippen MR) is 96.7 cm³/mol. The van der Waals surface area contributed by atoms with Crippen LogP contribution in [0.4, 0.5) is 5.69 Å². The van der Waals surface area contributed by atoms with Gasteiger partial charge in [-0.3, -0.25) is 9.59 Å². The van der Waals surface area contributed by atoms with Gasteiger partial charge in [-0.15, -0.1) is 0 Å². The van der Waals surface area contributed by atoms with Gasteiger partial charge in [0.2, 0.25) is 5.91 Å². The first-order valence-corrected chi connectivity index (χ1v) is 8.46. The highest BCUT2D eigenvalue weighted by molar-refractivity contribution is 5.97. The quantitative estimate of drug-likeness (QED) is 0.620. The summed E-state index contributed by atoms with van der Waals surface area (Å²) in [6.45, 7) is 8.08. The summed E-state index contributed by atoms with van der Waals surface area (Å²) < 4.78 is 0. The first-order chi connectivity index (χ1) is 12.0. The Hall–Kier alpha value is -2.81. The van der Waals surface area contributed by atoms with Crippen molar-refractivity contribution in [3.05, 3.63) is 41.6 Å². The van der Waals surface area contributed by atoms with Crippen LogP contribution in [0, 0.1) is 18.3 Å². The number of rotatable bonds is 4. The summed E-state index contributed by atoms with van der Waals surface area (Å²) in [6, 6.07) is 9.97. The number of aryl methyl sites for hydroxylation is 1. The van der Waals surface area contributed by atoms with Gasteiger partial charge in [-0.2, -0.15) is 5.26 Å². The highest BCUT2D eigenvalue weighted by Gasteiger charge is 2.25. The molecule has 1 aliphatic rings.